The molecule has 2 rings (SSSR count). The molecular formula is C11H19NO. The molecule has 1 aliphatic heterocycles. The van der Waals surface area contributed by atoms with E-state index >= 15 is 0 Å². The van der Waals surface area contributed by atoms with Gasteiger partial charge in [0.05, 0.1) is 12.7 Å². The normalized spacial score (nSPS) is 30.8. The first-order chi connectivity index (χ1) is 6.47. The third-order valence-electron chi connectivity index (χ3n) is 2.92. The van der Waals surface area contributed by atoms with Crippen LogP contribution in [0.2, 0.25) is 0 Å². The van der Waals surface area contributed by atoms with Crippen molar-refractivity contribution in [2.75, 3.05) is 19.7 Å². The average molecular weight is 181 g/mol. The number of nitrogens with one attached hydrogen (secondary N) is 1. The zero-order valence-corrected chi connectivity index (χ0v) is 8.22. The van der Waals surface area contributed by atoms with Gasteiger partial charge in [-0.1, -0.05) is 12.5 Å². The first-order valence-electron chi connectivity index (χ1n) is 5.48. The Kier molecular flexibility index (Phi) is 3.39. The van der Waals surface area contributed by atoms with Gasteiger partial charge in [-0.25, -0.2) is 0 Å². The Labute approximate surface area is 80.4 Å². The lowest BCUT2D eigenvalue weighted by molar-refractivity contribution is 0.0496. The van der Waals surface area contributed by atoms with E-state index in [1.54, 1.807) is 5.57 Å². The highest BCUT2D eigenvalue weighted by Crippen LogP contribution is 2.21. The van der Waals surface area contributed by atoms with E-state index in [1.165, 1.54) is 32.1 Å². The van der Waals surface area contributed by atoms with Crippen LogP contribution in [-0.4, -0.2) is 25.8 Å². The molecular weight excluding hydrogens is 162 g/mol. The lowest BCUT2D eigenvalue weighted by Gasteiger charge is -2.25. The molecule has 0 bridgehead atoms. The number of hydrogen-bond acceptors (Lipinski definition) is 2. The Morgan fingerprint density at radius 3 is 3.15 bits per heavy atom. The van der Waals surface area contributed by atoms with Gasteiger partial charge in [0, 0.05) is 13.1 Å². The van der Waals surface area contributed by atoms with Gasteiger partial charge in [-0.3, -0.25) is 0 Å². The van der Waals surface area contributed by atoms with Gasteiger partial charge in [0.1, 0.15) is 0 Å². The van der Waals surface area contributed by atoms with Crippen molar-refractivity contribution in [3.05, 3.63) is 11.6 Å². The smallest absolute Gasteiger partial charge is 0.0909 e. The molecule has 1 saturated heterocycles. The van der Waals surface area contributed by atoms with E-state index in [4.69, 9.17) is 4.74 Å². The van der Waals surface area contributed by atoms with Crippen molar-refractivity contribution in [2.45, 2.75) is 38.2 Å². The molecule has 0 spiro atoms. The minimum Gasteiger partial charge on any atom is -0.371 e. The SMILES string of the molecule is C1=C(C2CNCCO2)CCCCC1. The van der Waals surface area contributed by atoms with Gasteiger partial charge < -0.3 is 10.1 Å². The highest BCUT2D eigenvalue weighted by atomic mass is 16.5. The molecule has 1 atom stereocenters. The van der Waals surface area contributed by atoms with Gasteiger partial charge in [0.25, 0.3) is 0 Å². The number of ether oxygens (including phenoxy) is 1. The van der Waals surface area contributed by atoms with Crippen molar-refractivity contribution < 1.29 is 4.74 Å². The molecule has 2 nitrogen and oxygen atoms in total. The largest absolute Gasteiger partial charge is 0.371 e. The first-order valence-corrected chi connectivity index (χ1v) is 5.48. The van der Waals surface area contributed by atoms with E-state index in [-0.39, 0.29) is 0 Å². The Hall–Kier alpha value is -0.340. The summed E-state index contributed by atoms with van der Waals surface area (Å²) in [6.07, 6.45) is 9.41. The van der Waals surface area contributed by atoms with Gasteiger partial charge in [-0.05, 0) is 31.3 Å². The highest BCUT2D eigenvalue weighted by molar-refractivity contribution is 5.11. The molecule has 1 aliphatic carbocycles. The fourth-order valence-electron chi connectivity index (χ4n) is 2.14. The zero-order valence-electron chi connectivity index (χ0n) is 8.22. The Bertz CT molecular complexity index is 183. The number of rotatable bonds is 1. The third kappa shape index (κ3) is 2.55. The van der Waals surface area contributed by atoms with E-state index in [9.17, 15) is 0 Å². The van der Waals surface area contributed by atoms with E-state index in [0.717, 1.165) is 19.7 Å². The highest BCUT2D eigenvalue weighted by Gasteiger charge is 2.18. The Balaban J connectivity index is 1.92. The van der Waals surface area contributed by atoms with Crippen molar-refractivity contribution in [3.63, 3.8) is 0 Å². The van der Waals surface area contributed by atoms with Crippen LogP contribution in [0.1, 0.15) is 32.1 Å². The maximum Gasteiger partial charge on any atom is 0.0909 e. The average Bonchev–Trinajstić information content (AvgIpc) is 2.47. The van der Waals surface area contributed by atoms with Gasteiger partial charge >= 0.3 is 0 Å². The zero-order chi connectivity index (χ0) is 8.93. The number of morpholine rings is 1. The summed E-state index contributed by atoms with van der Waals surface area (Å²) in [6, 6.07) is 0. The van der Waals surface area contributed by atoms with Crippen LogP contribution in [0.15, 0.2) is 11.6 Å². The summed E-state index contributed by atoms with van der Waals surface area (Å²) in [5.74, 6) is 0. The molecule has 0 aromatic rings. The fraction of sp³-hybridized carbons (Fsp3) is 0.818. The molecule has 1 heterocycles. The molecule has 1 N–H and O–H groups in total. The van der Waals surface area contributed by atoms with E-state index < -0.39 is 0 Å². The second-order valence-electron chi connectivity index (χ2n) is 3.94. The van der Waals surface area contributed by atoms with Crippen LogP contribution < -0.4 is 5.32 Å². The second-order valence-corrected chi connectivity index (χ2v) is 3.94. The lowest BCUT2D eigenvalue weighted by Crippen LogP contribution is -2.39. The minimum atomic E-state index is 0.381. The summed E-state index contributed by atoms with van der Waals surface area (Å²) < 4.78 is 5.74. The second kappa shape index (κ2) is 4.77. The predicted octanol–water partition coefficient (Wildman–Crippen LogP) is 1.87. The summed E-state index contributed by atoms with van der Waals surface area (Å²) in [6.45, 7) is 2.91. The molecule has 1 unspecified atom stereocenters. The maximum atomic E-state index is 5.74. The lowest BCUT2D eigenvalue weighted by atomic mass is 10.0. The maximum absolute atomic E-state index is 5.74. The number of hydrogen-bond donors (Lipinski definition) is 1. The molecule has 1 fully saturated rings. The van der Waals surface area contributed by atoms with Crippen molar-refractivity contribution in [1.29, 1.82) is 0 Å². The van der Waals surface area contributed by atoms with Crippen LogP contribution in [0.25, 0.3) is 0 Å². The van der Waals surface area contributed by atoms with Crippen molar-refractivity contribution >= 4 is 0 Å². The molecule has 0 aromatic carbocycles. The van der Waals surface area contributed by atoms with Gasteiger partial charge in [-0.15, -0.1) is 0 Å². The molecule has 0 aromatic heterocycles. The quantitative estimate of drug-likeness (QED) is 0.623. The topological polar surface area (TPSA) is 21.3 Å². The van der Waals surface area contributed by atoms with Gasteiger partial charge in [0.2, 0.25) is 0 Å². The molecule has 2 heteroatoms. The summed E-state index contributed by atoms with van der Waals surface area (Å²) in [5, 5.41) is 3.39. The standard InChI is InChI=1S/C11H19NO/c1-2-4-6-10(5-3-1)11-9-12-7-8-13-11/h5,11-12H,1-4,6-9H2. The molecule has 13 heavy (non-hydrogen) atoms. The molecule has 74 valence electrons. The van der Waals surface area contributed by atoms with Crippen LogP contribution in [0.5, 0.6) is 0 Å². The van der Waals surface area contributed by atoms with E-state index in [2.05, 4.69) is 11.4 Å². The van der Waals surface area contributed by atoms with Crippen LogP contribution in [0, 0.1) is 0 Å². The fourth-order valence-corrected chi connectivity index (χ4v) is 2.14. The minimum absolute atomic E-state index is 0.381. The van der Waals surface area contributed by atoms with Crippen LogP contribution in [0.3, 0.4) is 0 Å². The number of allylic oxidation sites excluding steroid dienone is 1. The Morgan fingerprint density at radius 1 is 1.31 bits per heavy atom. The van der Waals surface area contributed by atoms with Crippen LogP contribution >= 0.6 is 0 Å². The summed E-state index contributed by atoms with van der Waals surface area (Å²) >= 11 is 0. The molecule has 0 radical (unpaired) electrons. The van der Waals surface area contributed by atoms with Crippen LogP contribution in [0.4, 0.5) is 0 Å². The van der Waals surface area contributed by atoms with Gasteiger partial charge in [0.15, 0.2) is 0 Å². The summed E-state index contributed by atoms with van der Waals surface area (Å²) in [7, 11) is 0. The van der Waals surface area contributed by atoms with E-state index in [1.807, 2.05) is 0 Å². The summed E-state index contributed by atoms with van der Waals surface area (Å²) in [5.41, 5.74) is 1.55. The third-order valence-corrected chi connectivity index (χ3v) is 2.92. The molecule has 2 aliphatic rings. The first kappa shape index (κ1) is 9.22. The predicted molar refractivity (Wildman–Crippen MR) is 53.8 cm³/mol. The van der Waals surface area contributed by atoms with Crippen LogP contribution in [-0.2, 0) is 4.74 Å². The van der Waals surface area contributed by atoms with Crippen molar-refractivity contribution in [1.82, 2.24) is 5.32 Å². The van der Waals surface area contributed by atoms with Crippen molar-refractivity contribution in [2.24, 2.45) is 0 Å². The molecule has 0 saturated carbocycles. The van der Waals surface area contributed by atoms with Gasteiger partial charge in [-0.2, -0.15) is 0 Å². The summed E-state index contributed by atoms with van der Waals surface area (Å²) in [4.78, 5) is 0. The Morgan fingerprint density at radius 2 is 2.31 bits per heavy atom. The van der Waals surface area contributed by atoms with E-state index in [0.29, 0.717) is 6.10 Å². The molecule has 0 amide bonds. The van der Waals surface area contributed by atoms with Crippen molar-refractivity contribution in [3.8, 4) is 0 Å². The monoisotopic (exact) mass is 181 g/mol.